The van der Waals surface area contributed by atoms with Crippen LogP contribution < -0.4 is 33.5 Å². The largest absolute Gasteiger partial charge is 0.496 e. The summed E-state index contributed by atoms with van der Waals surface area (Å²) in [5, 5.41) is 19.9. The number of fused-ring (bicyclic) bond motifs is 2. The van der Waals surface area contributed by atoms with Gasteiger partial charge in [-0.05, 0) is 88.3 Å². The fourth-order valence-electron chi connectivity index (χ4n) is 9.01. The van der Waals surface area contributed by atoms with Gasteiger partial charge in [-0.3, -0.25) is 4.90 Å². The number of methoxy groups -OCH3 is 8. The number of thiazole rings is 2. The average molecular weight is 995 g/mol. The number of amides is 1. The van der Waals surface area contributed by atoms with Crippen molar-refractivity contribution in [2.75, 3.05) is 86.4 Å². The van der Waals surface area contributed by atoms with Gasteiger partial charge in [0.25, 0.3) is 5.88 Å². The van der Waals surface area contributed by atoms with Gasteiger partial charge in [0.05, 0.1) is 77.9 Å². The molecule has 0 spiro atoms. The molecule has 378 valence electrons. The van der Waals surface area contributed by atoms with Gasteiger partial charge in [-0.25, -0.2) is 13.8 Å². The summed E-state index contributed by atoms with van der Waals surface area (Å²) in [7, 11) is 13.2. The highest BCUT2D eigenvalue weighted by atomic mass is 32.1. The monoisotopic (exact) mass is 994 g/mol. The van der Waals surface area contributed by atoms with Crippen LogP contribution in [0.3, 0.4) is 0 Å². The molecule has 4 aromatic heterocycles. The minimum atomic E-state index is -1.05. The number of ether oxygens (including phenoxy) is 9. The zero-order valence-electron chi connectivity index (χ0n) is 42.7. The molecule has 1 aliphatic rings. The quantitative estimate of drug-likeness (QED) is 0.0769. The van der Waals surface area contributed by atoms with E-state index < -0.39 is 11.6 Å². The van der Waals surface area contributed by atoms with Gasteiger partial charge in [0, 0.05) is 62.4 Å². The summed E-state index contributed by atoms with van der Waals surface area (Å²) in [5.41, 5.74) is 6.79. The second-order valence-corrected chi connectivity index (χ2v) is 19.6. The van der Waals surface area contributed by atoms with E-state index in [1.54, 1.807) is 72.7 Å². The molecule has 1 amide bonds. The first-order valence-corrected chi connectivity index (χ1v) is 24.8. The molecule has 17 nitrogen and oxygen atoms in total. The van der Waals surface area contributed by atoms with Gasteiger partial charge < -0.3 is 52.6 Å². The van der Waals surface area contributed by atoms with Crippen LogP contribution in [0.4, 0.5) is 16.2 Å². The van der Waals surface area contributed by atoms with E-state index >= 15 is 0 Å². The highest BCUT2D eigenvalue weighted by Gasteiger charge is 2.36. The molecule has 19 heteroatoms. The average Bonchev–Trinajstić information content (AvgIpc) is 4.08. The Kier molecular flexibility index (Phi) is 18.1. The predicted octanol–water partition coefficient (Wildman–Crippen LogP) is 10.4. The number of aromatic nitrogens is 4. The summed E-state index contributed by atoms with van der Waals surface area (Å²) in [6.45, 7) is 15.6. The van der Waals surface area contributed by atoms with Crippen LogP contribution in [0.25, 0.3) is 32.2 Å². The summed E-state index contributed by atoms with van der Waals surface area (Å²) in [4.78, 5) is 20.3. The maximum atomic E-state index is 12.4. The molecule has 1 aliphatic heterocycles. The second kappa shape index (κ2) is 23.5. The molecule has 0 unspecified atom stereocenters. The Hall–Kier alpha value is -5.31. The zero-order chi connectivity index (χ0) is 50.2. The molecule has 2 aromatic carbocycles. The molecular formula is C50H70N6O11S2. The van der Waals surface area contributed by atoms with Crippen LogP contribution in [0.15, 0.2) is 24.3 Å². The Morgan fingerprint density at radius 1 is 0.696 bits per heavy atom. The van der Waals surface area contributed by atoms with Crippen molar-refractivity contribution in [1.82, 2.24) is 19.2 Å². The molecule has 0 radical (unpaired) electrons. The fraction of sp³-hybridized carbons (Fsp3) is 0.540. The van der Waals surface area contributed by atoms with Crippen LogP contribution >= 0.6 is 22.7 Å². The number of carboxylic acid groups (broad SMARTS) is 1. The van der Waals surface area contributed by atoms with E-state index in [4.69, 9.17) is 52.8 Å². The molecule has 1 fully saturated rings. The number of rotatable bonds is 20. The van der Waals surface area contributed by atoms with Gasteiger partial charge in [-0.1, -0.05) is 20.8 Å². The van der Waals surface area contributed by atoms with Crippen LogP contribution in [0.2, 0.25) is 0 Å². The van der Waals surface area contributed by atoms with Gasteiger partial charge in [0.2, 0.25) is 0 Å². The topological polar surface area (TPSA) is 161 Å². The number of benzene rings is 2. The predicted molar refractivity (Wildman–Crippen MR) is 272 cm³/mol. The van der Waals surface area contributed by atoms with Crippen molar-refractivity contribution in [2.45, 2.75) is 105 Å². The normalized spacial score (nSPS) is 13.1. The van der Waals surface area contributed by atoms with Crippen LogP contribution in [-0.4, -0.2) is 119 Å². The lowest BCUT2D eigenvalue weighted by Crippen LogP contribution is -2.45. The van der Waals surface area contributed by atoms with E-state index in [9.17, 15) is 9.90 Å². The highest BCUT2D eigenvalue weighted by molar-refractivity contribution is 7.19. The van der Waals surface area contributed by atoms with E-state index in [1.165, 1.54) is 21.1 Å². The highest BCUT2D eigenvalue weighted by Crippen LogP contribution is 2.50. The van der Waals surface area contributed by atoms with Crippen molar-refractivity contribution < 1.29 is 52.5 Å². The molecule has 69 heavy (non-hydrogen) atoms. The number of aryl methyl sites for hydroxylation is 2. The molecule has 0 bridgehead atoms. The Balaban J connectivity index is 0.000000227. The summed E-state index contributed by atoms with van der Waals surface area (Å²) in [6.07, 6.45) is 3.58. The number of anilines is 2. The third-order valence-corrected chi connectivity index (χ3v) is 14.5. The van der Waals surface area contributed by atoms with Gasteiger partial charge in [0.1, 0.15) is 49.7 Å². The first-order chi connectivity index (χ1) is 33.2. The summed E-state index contributed by atoms with van der Waals surface area (Å²) in [6, 6.07) is 8.26. The summed E-state index contributed by atoms with van der Waals surface area (Å²) >= 11 is 3.28. The molecule has 5 heterocycles. The van der Waals surface area contributed by atoms with Crippen molar-refractivity contribution >= 4 is 49.8 Å². The van der Waals surface area contributed by atoms with Crippen molar-refractivity contribution in [2.24, 2.45) is 0 Å². The van der Waals surface area contributed by atoms with E-state index in [0.717, 1.165) is 117 Å². The van der Waals surface area contributed by atoms with Crippen molar-refractivity contribution in [3.63, 3.8) is 0 Å². The van der Waals surface area contributed by atoms with Crippen LogP contribution in [-0.2, 0) is 51.6 Å². The number of hydrogen-bond acceptors (Lipinski definition) is 15. The maximum absolute atomic E-state index is 12.4. The molecule has 6 aromatic rings. The van der Waals surface area contributed by atoms with Crippen molar-refractivity contribution in [1.29, 1.82) is 0 Å². The van der Waals surface area contributed by atoms with E-state index in [2.05, 4.69) is 25.7 Å². The van der Waals surface area contributed by atoms with Crippen LogP contribution in [0, 0.1) is 0 Å². The molecule has 0 atom stereocenters. The summed E-state index contributed by atoms with van der Waals surface area (Å²) < 4.78 is 54.6. The van der Waals surface area contributed by atoms with E-state index in [1.807, 2.05) is 49.6 Å². The number of carbonyl (C=O) groups is 1. The van der Waals surface area contributed by atoms with Crippen molar-refractivity contribution in [3.8, 4) is 51.4 Å². The molecule has 7 rings (SSSR count). The van der Waals surface area contributed by atoms with Crippen LogP contribution in [0.1, 0.15) is 87.4 Å². The van der Waals surface area contributed by atoms with Crippen molar-refractivity contribution in [3.05, 3.63) is 50.8 Å². The SMILES string of the molecule is CCCN(c1c(OC)nn2c(-c3c(OC)cc(COC)cc3OC)c(CC)sc12)C1CCOCC1.CCc1sc2c(N(C(=O)O)C(C)(C)C)c(COC)nn2c1-c1c(OC)cc(COC)cc1OC. The third-order valence-electron chi connectivity index (χ3n) is 11.9. The third kappa shape index (κ3) is 10.7. The second-order valence-electron chi connectivity index (χ2n) is 17.4. The molecule has 1 N–H and O–H groups in total. The molecule has 0 saturated carbocycles. The molecule has 1 saturated heterocycles. The minimum absolute atomic E-state index is 0.172. The fourth-order valence-corrected chi connectivity index (χ4v) is 11.4. The lowest BCUT2D eigenvalue weighted by molar-refractivity contribution is 0.0843. The van der Waals surface area contributed by atoms with Gasteiger partial charge in [-0.15, -0.1) is 27.8 Å². The number of hydrogen-bond donors (Lipinski definition) is 1. The van der Waals surface area contributed by atoms with E-state index in [0.29, 0.717) is 48.0 Å². The smallest absolute Gasteiger partial charge is 0.412 e. The standard InChI is InChI=1S/C26H37N3O5S.C24H33N3O6S/c1-7-11-28(18-9-12-34-13-10-18)24-25(33-6)27-29-23(21(8-2)35-26(24)29)22-19(31-4)14-17(16-30-3)15-20(22)32-5;1-9-18-21(19-16(32-7)10-14(12-30-5)11-17(19)33-8)27-22(34-18)20(15(25-27)13-31-6)26(23(28)29)24(2,3)4/h14-15,18H,7-13,16H2,1-6H3;10-11H,9,12-13H2,1-8H3,(H,28,29). The number of nitrogens with zero attached hydrogens (tertiary/aromatic N) is 6. The first-order valence-electron chi connectivity index (χ1n) is 23.2. The minimum Gasteiger partial charge on any atom is -0.496 e. The lowest BCUT2D eigenvalue weighted by Gasteiger charge is -2.35. The Labute approximate surface area is 413 Å². The Bertz CT molecular complexity index is 2630. The van der Waals surface area contributed by atoms with Gasteiger partial charge in [0.15, 0.2) is 0 Å². The van der Waals surface area contributed by atoms with Crippen LogP contribution in [0.5, 0.6) is 28.9 Å². The van der Waals surface area contributed by atoms with E-state index in [-0.39, 0.29) is 6.61 Å². The van der Waals surface area contributed by atoms with Gasteiger partial charge in [-0.2, -0.15) is 5.10 Å². The Morgan fingerprint density at radius 2 is 1.14 bits per heavy atom. The maximum Gasteiger partial charge on any atom is 0.412 e. The summed E-state index contributed by atoms with van der Waals surface area (Å²) in [5.74, 6) is 3.36. The lowest BCUT2D eigenvalue weighted by atomic mass is 10.0. The first kappa shape index (κ1) is 53.0. The zero-order valence-corrected chi connectivity index (χ0v) is 44.3. The Morgan fingerprint density at radius 3 is 1.52 bits per heavy atom. The van der Waals surface area contributed by atoms with Gasteiger partial charge >= 0.3 is 6.09 Å². The molecular weight excluding hydrogens is 925 g/mol. The molecule has 0 aliphatic carbocycles.